The van der Waals surface area contributed by atoms with Crippen molar-refractivity contribution in [3.05, 3.63) is 48.3 Å². The first kappa shape index (κ1) is 18.3. The second kappa shape index (κ2) is 7.41. The maximum absolute atomic E-state index is 12.9. The van der Waals surface area contributed by atoms with E-state index in [1.165, 1.54) is 0 Å². The normalized spacial score (nSPS) is 18.5. The molecule has 26 heavy (non-hydrogen) atoms. The number of carbonyl (C=O) groups is 1. The van der Waals surface area contributed by atoms with Crippen molar-refractivity contribution in [1.82, 2.24) is 14.9 Å². The van der Waals surface area contributed by atoms with Crippen molar-refractivity contribution in [3.63, 3.8) is 0 Å². The lowest BCUT2D eigenvalue weighted by Crippen LogP contribution is -2.41. The molecule has 7 nitrogen and oxygen atoms in total. The second-order valence-electron chi connectivity index (χ2n) is 6.28. The molecule has 1 fully saturated rings. The van der Waals surface area contributed by atoms with Crippen molar-refractivity contribution in [1.29, 1.82) is 0 Å². The molecule has 3 rings (SSSR count). The van der Waals surface area contributed by atoms with Crippen LogP contribution in [-0.2, 0) is 9.84 Å². The molecule has 0 bridgehead atoms. The molecule has 0 aliphatic carbocycles. The van der Waals surface area contributed by atoms with E-state index in [4.69, 9.17) is 0 Å². The van der Waals surface area contributed by atoms with Gasteiger partial charge in [0.25, 0.3) is 5.91 Å². The minimum Gasteiger partial charge on any atom is -0.334 e. The molecule has 1 amide bonds. The van der Waals surface area contributed by atoms with Gasteiger partial charge in [-0.15, -0.1) is 0 Å². The molecule has 8 heteroatoms. The van der Waals surface area contributed by atoms with Crippen LogP contribution in [0.5, 0.6) is 0 Å². The molecule has 1 atom stereocenters. The fraction of sp³-hybridized carbons (Fsp3) is 0.389. The summed E-state index contributed by atoms with van der Waals surface area (Å²) in [6, 6.07) is 10.9. The van der Waals surface area contributed by atoms with Crippen LogP contribution < -0.4 is 4.90 Å². The quantitative estimate of drug-likeness (QED) is 0.795. The van der Waals surface area contributed by atoms with Gasteiger partial charge >= 0.3 is 0 Å². The molecule has 1 unspecified atom stereocenters. The summed E-state index contributed by atoms with van der Waals surface area (Å²) < 4.78 is 23.5. The summed E-state index contributed by atoms with van der Waals surface area (Å²) in [7, 11) is -1.23. The summed E-state index contributed by atoms with van der Waals surface area (Å²) in [4.78, 5) is 25.0. The molecule has 1 saturated heterocycles. The molecular formula is C18H22N4O3S. The zero-order valence-corrected chi connectivity index (χ0v) is 15.7. The maximum Gasteiger partial charge on any atom is 0.272 e. The lowest BCUT2D eigenvalue weighted by Gasteiger charge is -2.26. The van der Waals surface area contributed by atoms with Crippen molar-refractivity contribution in [2.45, 2.75) is 19.4 Å². The third kappa shape index (κ3) is 3.85. The SMILES string of the molecule is CCN(C(=O)c1ccnc(N(C)c2ccccc2)n1)C1CCS(=O)(=O)C1. The number of para-hydroxylation sites is 1. The number of aromatic nitrogens is 2. The summed E-state index contributed by atoms with van der Waals surface area (Å²) in [5, 5.41) is 0. The zero-order chi connectivity index (χ0) is 18.7. The fourth-order valence-electron chi connectivity index (χ4n) is 3.13. The van der Waals surface area contributed by atoms with E-state index in [0.717, 1.165) is 5.69 Å². The average Bonchev–Trinajstić information content (AvgIpc) is 3.02. The summed E-state index contributed by atoms with van der Waals surface area (Å²) in [5.41, 5.74) is 1.18. The molecule has 1 aliphatic heterocycles. The second-order valence-corrected chi connectivity index (χ2v) is 8.51. The third-order valence-corrected chi connectivity index (χ3v) is 6.31. The summed E-state index contributed by atoms with van der Waals surface area (Å²) >= 11 is 0. The fourth-order valence-corrected chi connectivity index (χ4v) is 4.86. The van der Waals surface area contributed by atoms with Gasteiger partial charge in [-0.1, -0.05) is 18.2 Å². The smallest absolute Gasteiger partial charge is 0.272 e. The zero-order valence-electron chi connectivity index (χ0n) is 14.9. The van der Waals surface area contributed by atoms with Gasteiger partial charge in [0.1, 0.15) is 5.69 Å². The first-order valence-corrected chi connectivity index (χ1v) is 10.4. The molecule has 0 N–H and O–H groups in total. The van der Waals surface area contributed by atoms with E-state index in [1.807, 2.05) is 44.3 Å². The highest BCUT2D eigenvalue weighted by Gasteiger charge is 2.34. The standard InChI is InChI=1S/C18H22N4O3S/c1-3-22(15-10-12-26(24,25)13-15)17(23)16-9-11-19-18(20-16)21(2)14-7-5-4-6-8-14/h4-9,11,15H,3,10,12-13H2,1-2H3. The lowest BCUT2D eigenvalue weighted by molar-refractivity contribution is 0.0702. The van der Waals surface area contributed by atoms with Crippen molar-refractivity contribution in [2.75, 3.05) is 30.0 Å². The Balaban J connectivity index is 1.83. The van der Waals surface area contributed by atoms with Gasteiger partial charge < -0.3 is 9.80 Å². The first-order chi connectivity index (χ1) is 12.4. The molecule has 138 valence electrons. The van der Waals surface area contributed by atoms with Crippen LogP contribution in [-0.4, -0.2) is 60.3 Å². The molecule has 1 aromatic heterocycles. The Morgan fingerprint density at radius 1 is 1.23 bits per heavy atom. The number of benzene rings is 1. The molecule has 1 aromatic carbocycles. The Hall–Kier alpha value is -2.48. The Morgan fingerprint density at radius 3 is 2.58 bits per heavy atom. The third-order valence-electron chi connectivity index (χ3n) is 4.56. The monoisotopic (exact) mass is 374 g/mol. The van der Waals surface area contributed by atoms with E-state index in [-0.39, 0.29) is 29.1 Å². The van der Waals surface area contributed by atoms with Crippen LogP contribution in [0.4, 0.5) is 11.6 Å². The number of hydrogen-bond acceptors (Lipinski definition) is 6. The van der Waals surface area contributed by atoms with Gasteiger partial charge in [0, 0.05) is 31.5 Å². The molecular weight excluding hydrogens is 352 g/mol. The minimum absolute atomic E-state index is 0.0223. The van der Waals surface area contributed by atoms with Crippen LogP contribution in [0.1, 0.15) is 23.8 Å². The summed E-state index contributed by atoms with van der Waals surface area (Å²) in [6.45, 7) is 2.29. The van der Waals surface area contributed by atoms with Crippen LogP contribution in [0.25, 0.3) is 0 Å². The van der Waals surface area contributed by atoms with E-state index in [2.05, 4.69) is 9.97 Å². The predicted molar refractivity (Wildman–Crippen MR) is 100 cm³/mol. The Morgan fingerprint density at radius 2 is 1.96 bits per heavy atom. The van der Waals surface area contributed by atoms with Gasteiger partial charge in [-0.25, -0.2) is 18.4 Å². The van der Waals surface area contributed by atoms with Gasteiger partial charge in [-0.3, -0.25) is 4.79 Å². The first-order valence-electron chi connectivity index (χ1n) is 8.54. The van der Waals surface area contributed by atoms with Gasteiger partial charge in [0.05, 0.1) is 11.5 Å². The van der Waals surface area contributed by atoms with Crippen molar-refractivity contribution < 1.29 is 13.2 Å². The number of carbonyl (C=O) groups excluding carboxylic acids is 1. The van der Waals surface area contributed by atoms with E-state index in [1.54, 1.807) is 22.1 Å². The maximum atomic E-state index is 12.9. The lowest BCUT2D eigenvalue weighted by atomic mass is 10.2. The minimum atomic E-state index is -3.06. The number of hydrogen-bond donors (Lipinski definition) is 0. The molecule has 0 spiro atoms. The number of anilines is 2. The van der Waals surface area contributed by atoms with E-state index in [0.29, 0.717) is 18.9 Å². The molecule has 2 heterocycles. The van der Waals surface area contributed by atoms with Crippen LogP contribution in [0.2, 0.25) is 0 Å². The van der Waals surface area contributed by atoms with Gasteiger partial charge in [0.2, 0.25) is 5.95 Å². The number of rotatable bonds is 5. The number of sulfone groups is 1. The van der Waals surface area contributed by atoms with Crippen molar-refractivity contribution in [3.8, 4) is 0 Å². The Labute approximate surface area is 153 Å². The largest absolute Gasteiger partial charge is 0.334 e. The van der Waals surface area contributed by atoms with Crippen LogP contribution in [0, 0.1) is 0 Å². The highest BCUT2D eigenvalue weighted by molar-refractivity contribution is 7.91. The highest BCUT2D eigenvalue weighted by Crippen LogP contribution is 2.22. The molecule has 0 radical (unpaired) electrons. The molecule has 2 aromatic rings. The van der Waals surface area contributed by atoms with Gasteiger partial charge in [0.15, 0.2) is 9.84 Å². The van der Waals surface area contributed by atoms with E-state index >= 15 is 0 Å². The van der Waals surface area contributed by atoms with Gasteiger partial charge in [-0.05, 0) is 31.5 Å². The summed E-state index contributed by atoms with van der Waals surface area (Å²) in [6.07, 6.45) is 2.03. The molecule has 1 aliphatic rings. The van der Waals surface area contributed by atoms with Gasteiger partial charge in [-0.2, -0.15) is 0 Å². The highest BCUT2D eigenvalue weighted by atomic mass is 32.2. The Kier molecular flexibility index (Phi) is 5.22. The van der Waals surface area contributed by atoms with Crippen LogP contribution in [0.15, 0.2) is 42.6 Å². The average molecular weight is 374 g/mol. The van der Waals surface area contributed by atoms with E-state index < -0.39 is 9.84 Å². The topological polar surface area (TPSA) is 83.5 Å². The number of amides is 1. The van der Waals surface area contributed by atoms with Crippen molar-refractivity contribution in [2.24, 2.45) is 0 Å². The van der Waals surface area contributed by atoms with E-state index in [9.17, 15) is 13.2 Å². The summed E-state index contributed by atoms with van der Waals surface area (Å²) in [5.74, 6) is 0.304. The van der Waals surface area contributed by atoms with Crippen LogP contribution in [0.3, 0.4) is 0 Å². The molecule has 0 saturated carbocycles. The number of nitrogens with zero attached hydrogens (tertiary/aromatic N) is 4. The predicted octanol–water partition coefficient (Wildman–Crippen LogP) is 1.89. The van der Waals surface area contributed by atoms with Crippen LogP contribution >= 0.6 is 0 Å². The van der Waals surface area contributed by atoms with Crippen molar-refractivity contribution >= 4 is 27.4 Å². The Bertz CT molecular complexity index is 886.